The van der Waals surface area contributed by atoms with Crippen LogP contribution in [0.5, 0.6) is 11.5 Å². The van der Waals surface area contributed by atoms with E-state index in [2.05, 4.69) is 10.3 Å². The van der Waals surface area contributed by atoms with Gasteiger partial charge < -0.3 is 20.5 Å². The number of guanidine groups is 1. The van der Waals surface area contributed by atoms with Crippen LogP contribution in [0, 0.1) is 0 Å². The summed E-state index contributed by atoms with van der Waals surface area (Å²) in [5.41, 5.74) is 7.80. The van der Waals surface area contributed by atoms with Crippen molar-refractivity contribution in [2.45, 2.75) is 6.54 Å². The number of aliphatic imine (C=N–C) groups is 1. The Balaban J connectivity index is 0.00000220. The zero-order chi connectivity index (χ0) is 14.4. The lowest BCUT2D eigenvalue weighted by Gasteiger charge is -2.10. The molecule has 3 N–H and O–H groups in total. The van der Waals surface area contributed by atoms with Crippen LogP contribution >= 0.6 is 35.3 Å². The highest BCUT2D eigenvalue weighted by molar-refractivity contribution is 14.0. The second-order valence-electron chi connectivity index (χ2n) is 4.03. The molecule has 0 aliphatic rings. The first kappa shape index (κ1) is 17.6. The molecular weight excluding hydrogens is 401 g/mol. The first-order valence-corrected chi connectivity index (χ1v) is 6.97. The Bertz CT molecular complexity index is 588. The molecule has 0 amide bonds. The van der Waals surface area contributed by atoms with Gasteiger partial charge in [0.15, 0.2) is 17.5 Å². The van der Waals surface area contributed by atoms with E-state index in [0.29, 0.717) is 24.0 Å². The number of nitrogens with zero attached hydrogens (tertiary/aromatic N) is 1. The van der Waals surface area contributed by atoms with Crippen LogP contribution in [0.4, 0.5) is 5.69 Å². The van der Waals surface area contributed by atoms with E-state index in [1.807, 2.05) is 35.0 Å². The number of benzene rings is 1. The van der Waals surface area contributed by atoms with Crippen LogP contribution in [0.1, 0.15) is 5.56 Å². The molecule has 1 aromatic heterocycles. The maximum absolute atomic E-state index is 5.85. The molecule has 1 aromatic carbocycles. The number of halogens is 1. The average molecular weight is 419 g/mol. The summed E-state index contributed by atoms with van der Waals surface area (Å²) >= 11 is 1.64. The Morgan fingerprint density at radius 3 is 2.62 bits per heavy atom. The highest BCUT2D eigenvalue weighted by atomic mass is 127. The Hall–Kier alpha value is -1.48. The molecule has 114 valence electrons. The Morgan fingerprint density at radius 1 is 1.24 bits per heavy atom. The summed E-state index contributed by atoms with van der Waals surface area (Å²) in [7, 11) is 3.19. The number of hydrogen-bond donors (Lipinski definition) is 2. The van der Waals surface area contributed by atoms with Crippen LogP contribution in [-0.2, 0) is 6.54 Å². The van der Waals surface area contributed by atoms with Gasteiger partial charge >= 0.3 is 0 Å². The molecular formula is C14H18IN3O2S. The molecule has 0 saturated heterocycles. The van der Waals surface area contributed by atoms with Crippen LogP contribution in [0.2, 0.25) is 0 Å². The number of nitrogens with one attached hydrogen (secondary N) is 1. The lowest BCUT2D eigenvalue weighted by Crippen LogP contribution is -2.22. The summed E-state index contributed by atoms with van der Waals surface area (Å²) in [5, 5.41) is 7.09. The minimum atomic E-state index is 0. The molecule has 0 bridgehead atoms. The predicted octanol–water partition coefficient (Wildman–Crippen LogP) is 3.31. The molecule has 0 aliphatic heterocycles. The Kier molecular flexibility index (Phi) is 7.30. The summed E-state index contributed by atoms with van der Waals surface area (Å²) in [4.78, 5) is 4.28. The Labute approximate surface area is 145 Å². The van der Waals surface area contributed by atoms with E-state index in [1.54, 1.807) is 25.6 Å². The summed E-state index contributed by atoms with van der Waals surface area (Å²) in [5.74, 6) is 1.68. The quantitative estimate of drug-likeness (QED) is 0.443. The van der Waals surface area contributed by atoms with Crippen molar-refractivity contribution in [2.24, 2.45) is 10.7 Å². The van der Waals surface area contributed by atoms with Crippen LogP contribution in [-0.4, -0.2) is 20.2 Å². The molecule has 0 aliphatic carbocycles. The molecule has 21 heavy (non-hydrogen) atoms. The van der Waals surface area contributed by atoms with Crippen molar-refractivity contribution in [1.29, 1.82) is 0 Å². The van der Waals surface area contributed by atoms with Crippen LogP contribution < -0.4 is 20.5 Å². The van der Waals surface area contributed by atoms with Gasteiger partial charge in [0.25, 0.3) is 0 Å². The smallest absolute Gasteiger partial charge is 0.193 e. The van der Waals surface area contributed by atoms with Crippen molar-refractivity contribution in [1.82, 2.24) is 0 Å². The van der Waals surface area contributed by atoms with E-state index in [9.17, 15) is 0 Å². The summed E-state index contributed by atoms with van der Waals surface area (Å²) in [6.45, 7) is 0.565. The number of anilines is 1. The number of hydrogen-bond acceptors (Lipinski definition) is 4. The van der Waals surface area contributed by atoms with Crippen molar-refractivity contribution in [3.05, 3.63) is 40.6 Å². The number of methoxy groups -OCH3 is 2. The molecule has 7 heteroatoms. The monoisotopic (exact) mass is 419 g/mol. The molecule has 0 spiro atoms. The highest BCUT2D eigenvalue weighted by Crippen LogP contribution is 2.29. The number of thiophene rings is 1. The van der Waals surface area contributed by atoms with Gasteiger partial charge in [-0.05, 0) is 34.5 Å². The van der Waals surface area contributed by atoms with E-state index in [4.69, 9.17) is 15.2 Å². The molecule has 5 nitrogen and oxygen atoms in total. The molecule has 0 fully saturated rings. The van der Waals surface area contributed by atoms with E-state index in [0.717, 1.165) is 11.3 Å². The minimum Gasteiger partial charge on any atom is -0.493 e. The van der Waals surface area contributed by atoms with Crippen LogP contribution in [0.25, 0.3) is 0 Å². The topological polar surface area (TPSA) is 68.9 Å². The lowest BCUT2D eigenvalue weighted by atomic mass is 10.3. The van der Waals surface area contributed by atoms with Crippen molar-refractivity contribution in [3.8, 4) is 11.5 Å². The van der Waals surface area contributed by atoms with Crippen molar-refractivity contribution in [2.75, 3.05) is 19.5 Å². The van der Waals surface area contributed by atoms with Gasteiger partial charge in [-0.2, -0.15) is 11.3 Å². The molecule has 0 unspecified atom stereocenters. The first-order valence-electron chi connectivity index (χ1n) is 6.03. The standard InChI is InChI=1S/C14H17N3O2S.HI/c1-18-12-4-3-11(7-13(12)19-2)17-14(15)16-8-10-5-6-20-9-10;/h3-7,9H,8H2,1-2H3,(H3,15,16,17);1H. The van der Waals surface area contributed by atoms with E-state index in [-0.39, 0.29) is 24.0 Å². The fourth-order valence-corrected chi connectivity index (χ4v) is 2.32. The van der Waals surface area contributed by atoms with Gasteiger partial charge in [0.2, 0.25) is 0 Å². The Morgan fingerprint density at radius 2 is 2.00 bits per heavy atom. The van der Waals surface area contributed by atoms with Crippen molar-refractivity contribution < 1.29 is 9.47 Å². The normalized spacial score (nSPS) is 10.7. The molecule has 0 radical (unpaired) electrons. The third kappa shape index (κ3) is 5.09. The maximum atomic E-state index is 5.85. The van der Waals surface area contributed by atoms with Gasteiger partial charge in [-0.1, -0.05) is 0 Å². The fraction of sp³-hybridized carbons (Fsp3) is 0.214. The van der Waals surface area contributed by atoms with E-state index < -0.39 is 0 Å². The third-order valence-electron chi connectivity index (χ3n) is 2.67. The number of ether oxygens (including phenoxy) is 2. The number of nitrogens with two attached hydrogens (primary N) is 1. The minimum absolute atomic E-state index is 0. The molecule has 1 heterocycles. The second kappa shape index (κ2) is 8.73. The summed E-state index contributed by atoms with van der Waals surface area (Å²) < 4.78 is 10.4. The molecule has 2 rings (SSSR count). The molecule has 0 saturated carbocycles. The van der Waals surface area contributed by atoms with Gasteiger partial charge in [0, 0.05) is 11.8 Å². The molecule has 2 aromatic rings. The zero-order valence-corrected chi connectivity index (χ0v) is 15.0. The summed E-state index contributed by atoms with van der Waals surface area (Å²) in [6.07, 6.45) is 0. The van der Waals surface area contributed by atoms with Crippen molar-refractivity contribution in [3.63, 3.8) is 0 Å². The van der Waals surface area contributed by atoms with Gasteiger partial charge in [-0.3, -0.25) is 0 Å². The zero-order valence-electron chi connectivity index (χ0n) is 11.8. The van der Waals surface area contributed by atoms with Crippen molar-refractivity contribution >= 4 is 47.0 Å². The second-order valence-corrected chi connectivity index (χ2v) is 4.81. The molecule has 0 atom stereocenters. The average Bonchev–Trinajstić information content (AvgIpc) is 2.98. The number of rotatable bonds is 5. The maximum Gasteiger partial charge on any atom is 0.193 e. The van der Waals surface area contributed by atoms with Gasteiger partial charge in [0.1, 0.15) is 0 Å². The summed E-state index contributed by atoms with van der Waals surface area (Å²) in [6, 6.07) is 7.51. The van der Waals surface area contributed by atoms with E-state index >= 15 is 0 Å². The van der Waals surface area contributed by atoms with Gasteiger partial charge in [-0.15, -0.1) is 24.0 Å². The predicted molar refractivity (Wildman–Crippen MR) is 98.2 cm³/mol. The first-order chi connectivity index (χ1) is 9.72. The van der Waals surface area contributed by atoms with Gasteiger partial charge in [0.05, 0.1) is 20.8 Å². The SMILES string of the molecule is COc1ccc(NC(N)=NCc2ccsc2)cc1OC.I. The fourth-order valence-electron chi connectivity index (χ4n) is 1.66. The van der Waals surface area contributed by atoms with Crippen LogP contribution in [0.3, 0.4) is 0 Å². The highest BCUT2D eigenvalue weighted by Gasteiger charge is 2.05. The largest absolute Gasteiger partial charge is 0.493 e. The third-order valence-corrected chi connectivity index (χ3v) is 3.40. The van der Waals surface area contributed by atoms with E-state index in [1.165, 1.54) is 0 Å². The lowest BCUT2D eigenvalue weighted by molar-refractivity contribution is 0.355. The van der Waals surface area contributed by atoms with Gasteiger partial charge in [-0.25, -0.2) is 4.99 Å². The van der Waals surface area contributed by atoms with Crippen LogP contribution in [0.15, 0.2) is 40.0 Å².